The fourth-order valence-electron chi connectivity index (χ4n) is 4.63. The van der Waals surface area contributed by atoms with E-state index in [4.69, 9.17) is 4.74 Å². The Balaban J connectivity index is 1.55. The monoisotopic (exact) mass is 492 g/mol. The van der Waals surface area contributed by atoms with E-state index in [0.29, 0.717) is 36.6 Å². The van der Waals surface area contributed by atoms with Crippen LogP contribution in [0.1, 0.15) is 45.5 Å². The molecule has 0 aromatic heterocycles. The summed E-state index contributed by atoms with van der Waals surface area (Å²) in [5.41, 5.74) is 4.26. The molecule has 2 N–H and O–H groups in total. The maximum Gasteiger partial charge on any atom is 0.262 e. The number of carbonyl (C=O) groups excluding carboxylic acids is 1. The molecular weight excluding hydrogens is 460 g/mol. The first-order valence-corrected chi connectivity index (χ1v) is 13.3. The van der Waals surface area contributed by atoms with Gasteiger partial charge in [0.25, 0.3) is 15.9 Å². The SMILES string of the molecule is Cc1ccc(NS(=O)(=O)c2cc(C(=O)NCC3(c4ccccc4)CCOCC3)ccc2C)c(C)c1. The van der Waals surface area contributed by atoms with Crippen LogP contribution in [0.5, 0.6) is 0 Å². The number of aryl methyl sites for hydroxylation is 3. The predicted octanol–water partition coefficient (Wildman–Crippen LogP) is 4.89. The van der Waals surface area contributed by atoms with Gasteiger partial charge in [-0.1, -0.05) is 54.1 Å². The highest BCUT2D eigenvalue weighted by Gasteiger charge is 2.35. The van der Waals surface area contributed by atoms with Gasteiger partial charge in [0.2, 0.25) is 0 Å². The third-order valence-electron chi connectivity index (χ3n) is 6.79. The molecule has 7 heteroatoms. The second-order valence-corrected chi connectivity index (χ2v) is 11.0. The quantitative estimate of drug-likeness (QED) is 0.492. The molecule has 6 nitrogen and oxygen atoms in total. The van der Waals surface area contributed by atoms with Crippen molar-refractivity contribution in [2.24, 2.45) is 0 Å². The van der Waals surface area contributed by atoms with Gasteiger partial charge < -0.3 is 10.1 Å². The van der Waals surface area contributed by atoms with Gasteiger partial charge in [-0.2, -0.15) is 0 Å². The van der Waals surface area contributed by atoms with Gasteiger partial charge in [-0.3, -0.25) is 9.52 Å². The van der Waals surface area contributed by atoms with Gasteiger partial charge in [-0.15, -0.1) is 0 Å². The van der Waals surface area contributed by atoms with E-state index in [1.807, 2.05) is 44.2 Å². The summed E-state index contributed by atoms with van der Waals surface area (Å²) in [5.74, 6) is -0.297. The number of nitrogens with one attached hydrogen (secondary N) is 2. The van der Waals surface area contributed by atoms with Gasteiger partial charge in [0.15, 0.2) is 0 Å². The number of rotatable bonds is 7. The van der Waals surface area contributed by atoms with Gasteiger partial charge in [-0.05, 0) is 68.5 Å². The van der Waals surface area contributed by atoms with Crippen molar-refractivity contribution >= 4 is 21.6 Å². The molecule has 1 fully saturated rings. The maximum absolute atomic E-state index is 13.2. The van der Waals surface area contributed by atoms with Crippen LogP contribution in [0.2, 0.25) is 0 Å². The normalized spacial score (nSPS) is 15.4. The Kier molecular flexibility index (Phi) is 7.28. The van der Waals surface area contributed by atoms with E-state index in [-0.39, 0.29) is 16.2 Å². The van der Waals surface area contributed by atoms with E-state index in [1.165, 1.54) is 11.6 Å². The molecule has 1 saturated heterocycles. The van der Waals surface area contributed by atoms with Crippen LogP contribution in [-0.4, -0.2) is 34.1 Å². The summed E-state index contributed by atoms with van der Waals surface area (Å²) in [6, 6.07) is 20.5. The summed E-state index contributed by atoms with van der Waals surface area (Å²) in [6.45, 7) is 7.28. The number of hydrogen-bond donors (Lipinski definition) is 2. The number of amides is 1. The molecule has 0 atom stereocenters. The van der Waals surface area contributed by atoms with Crippen LogP contribution in [-0.2, 0) is 20.2 Å². The van der Waals surface area contributed by atoms with Crippen molar-refractivity contribution in [3.05, 3.63) is 94.5 Å². The Bertz CT molecular complexity index is 1310. The molecule has 1 aliphatic rings. The summed E-state index contributed by atoms with van der Waals surface area (Å²) >= 11 is 0. The molecule has 184 valence electrons. The van der Waals surface area contributed by atoms with Crippen molar-refractivity contribution in [1.29, 1.82) is 0 Å². The van der Waals surface area contributed by atoms with Crippen LogP contribution in [0, 0.1) is 20.8 Å². The van der Waals surface area contributed by atoms with E-state index < -0.39 is 10.0 Å². The Morgan fingerprint density at radius 1 is 0.914 bits per heavy atom. The van der Waals surface area contributed by atoms with Crippen LogP contribution < -0.4 is 10.0 Å². The molecule has 3 aromatic rings. The van der Waals surface area contributed by atoms with E-state index in [0.717, 1.165) is 24.0 Å². The van der Waals surface area contributed by atoms with Crippen molar-refractivity contribution in [2.45, 2.75) is 43.9 Å². The summed E-state index contributed by atoms with van der Waals surface area (Å²) in [6.07, 6.45) is 1.62. The average Bonchev–Trinajstić information content (AvgIpc) is 2.85. The minimum atomic E-state index is -3.87. The highest BCUT2D eigenvalue weighted by atomic mass is 32.2. The second kappa shape index (κ2) is 10.2. The molecule has 0 unspecified atom stereocenters. The minimum absolute atomic E-state index is 0.0916. The fraction of sp³-hybridized carbons (Fsp3) is 0.321. The maximum atomic E-state index is 13.2. The standard InChI is InChI=1S/C28H32N2O4S/c1-20-9-12-25(22(3)17-20)30-35(32,33)26-18-23(11-10-21(26)2)27(31)29-19-28(13-15-34-16-14-28)24-7-5-4-6-8-24/h4-12,17-18,30H,13-16,19H2,1-3H3,(H,29,31). The smallest absolute Gasteiger partial charge is 0.262 e. The van der Waals surface area contributed by atoms with Crippen LogP contribution in [0.3, 0.4) is 0 Å². The van der Waals surface area contributed by atoms with Crippen molar-refractivity contribution in [2.75, 3.05) is 24.5 Å². The molecule has 1 heterocycles. The molecule has 0 bridgehead atoms. The van der Waals surface area contributed by atoms with Crippen LogP contribution in [0.25, 0.3) is 0 Å². The zero-order chi connectivity index (χ0) is 25.1. The highest BCUT2D eigenvalue weighted by Crippen LogP contribution is 2.34. The van der Waals surface area contributed by atoms with Crippen molar-refractivity contribution in [3.63, 3.8) is 0 Å². The van der Waals surface area contributed by atoms with E-state index in [9.17, 15) is 13.2 Å². The first kappa shape index (κ1) is 24.9. The Morgan fingerprint density at radius 2 is 1.63 bits per heavy atom. The molecule has 35 heavy (non-hydrogen) atoms. The Morgan fingerprint density at radius 3 is 2.31 bits per heavy atom. The van der Waals surface area contributed by atoms with E-state index >= 15 is 0 Å². The van der Waals surface area contributed by atoms with Crippen molar-refractivity contribution in [3.8, 4) is 0 Å². The third kappa shape index (κ3) is 5.57. The topological polar surface area (TPSA) is 84.5 Å². The Labute approximate surface area is 207 Å². The zero-order valence-electron chi connectivity index (χ0n) is 20.4. The second-order valence-electron chi connectivity index (χ2n) is 9.35. The lowest BCUT2D eigenvalue weighted by Gasteiger charge is -2.38. The molecular formula is C28H32N2O4S. The predicted molar refractivity (Wildman–Crippen MR) is 138 cm³/mol. The first-order valence-electron chi connectivity index (χ1n) is 11.8. The summed E-state index contributed by atoms with van der Waals surface area (Å²) < 4.78 is 34.7. The van der Waals surface area contributed by atoms with Gasteiger partial charge in [0, 0.05) is 30.7 Å². The first-order chi connectivity index (χ1) is 16.7. The number of benzene rings is 3. The van der Waals surface area contributed by atoms with Gasteiger partial charge in [0.05, 0.1) is 10.6 Å². The molecule has 0 saturated carbocycles. The number of ether oxygens (including phenoxy) is 1. The lowest BCUT2D eigenvalue weighted by molar-refractivity contribution is 0.0487. The lowest BCUT2D eigenvalue weighted by Crippen LogP contribution is -2.44. The molecule has 0 spiro atoms. The molecule has 0 radical (unpaired) electrons. The van der Waals surface area contributed by atoms with Gasteiger partial charge in [-0.25, -0.2) is 8.42 Å². The van der Waals surface area contributed by atoms with Crippen LogP contribution >= 0.6 is 0 Å². The molecule has 4 rings (SSSR count). The van der Waals surface area contributed by atoms with E-state index in [2.05, 4.69) is 22.2 Å². The Hall–Kier alpha value is -3.16. The summed E-state index contributed by atoms with van der Waals surface area (Å²) in [5, 5.41) is 3.06. The number of hydrogen-bond acceptors (Lipinski definition) is 4. The third-order valence-corrected chi connectivity index (χ3v) is 8.30. The zero-order valence-corrected chi connectivity index (χ0v) is 21.2. The molecule has 0 aliphatic carbocycles. The average molecular weight is 493 g/mol. The van der Waals surface area contributed by atoms with Gasteiger partial charge >= 0.3 is 0 Å². The van der Waals surface area contributed by atoms with Gasteiger partial charge in [0.1, 0.15) is 0 Å². The van der Waals surface area contributed by atoms with Crippen molar-refractivity contribution < 1.29 is 17.9 Å². The number of carbonyl (C=O) groups is 1. The van der Waals surface area contributed by atoms with E-state index in [1.54, 1.807) is 25.1 Å². The number of sulfonamides is 1. The lowest BCUT2D eigenvalue weighted by atomic mass is 9.74. The molecule has 1 amide bonds. The van der Waals surface area contributed by atoms with Crippen LogP contribution in [0.4, 0.5) is 5.69 Å². The fourth-order valence-corrected chi connectivity index (χ4v) is 6.03. The van der Waals surface area contributed by atoms with Crippen molar-refractivity contribution in [1.82, 2.24) is 5.32 Å². The number of anilines is 1. The largest absolute Gasteiger partial charge is 0.381 e. The minimum Gasteiger partial charge on any atom is -0.381 e. The molecule has 1 aliphatic heterocycles. The summed E-state index contributed by atoms with van der Waals surface area (Å²) in [7, 11) is -3.87. The summed E-state index contributed by atoms with van der Waals surface area (Å²) in [4.78, 5) is 13.2. The van der Waals surface area contributed by atoms with Crippen LogP contribution in [0.15, 0.2) is 71.6 Å². The highest BCUT2D eigenvalue weighted by molar-refractivity contribution is 7.92. The molecule has 3 aromatic carbocycles.